The van der Waals surface area contributed by atoms with E-state index < -0.39 is 5.97 Å². The third-order valence-corrected chi connectivity index (χ3v) is 5.59. The molecule has 6 nitrogen and oxygen atoms in total. The highest BCUT2D eigenvalue weighted by Gasteiger charge is 2.26. The lowest BCUT2D eigenvalue weighted by Gasteiger charge is -2.26. The van der Waals surface area contributed by atoms with Crippen molar-refractivity contribution in [3.05, 3.63) is 70.8 Å². The maximum absolute atomic E-state index is 13.0. The topological polar surface area (TPSA) is 68.8 Å². The lowest BCUT2D eigenvalue weighted by Crippen LogP contribution is -2.51. The van der Waals surface area contributed by atoms with E-state index in [4.69, 9.17) is 14.2 Å². The van der Waals surface area contributed by atoms with Crippen molar-refractivity contribution >= 4 is 18.1 Å². The highest BCUT2D eigenvalue weighted by atomic mass is 16.5. The fourth-order valence-electron chi connectivity index (χ4n) is 3.82. The van der Waals surface area contributed by atoms with Crippen molar-refractivity contribution in [2.75, 3.05) is 40.5 Å². The highest BCUT2D eigenvalue weighted by Crippen LogP contribution is 2.38. The van der Waals surface area contributed by atoms with Gasteiger partial charge < -0.3 is 24.8 Å². The predicted octanol–water partition coefficient (Wildman–Crippen LogP) is 4.10. The van der Waals surface area contributed by atoms with Gasteiger partial charge in [0.25, 0.3) is 0 Å². The summed E-state index contributed by atoms with van der Waals surface area (Å²) < 4.78 is 17.3. The summed E-state index contributed by atoms with van der Waals surface area (Å²) >= 11 is 0. The zero-order chi connectivity index (χ0) is 23.6. The first-order valence-corrected chi connectivity index (χ1v) is 11.3. The van der Waals surface area contributed by atoms with Gasteiger partial charge in [-0.05, 0) is 37.0 Å². The molecular formula is C27H34N2O4. The number of hydrogen-bond donors (Lipinski definition) is 2. The first-order valence-electron chi connectivity index (χ1n) is 11.3. The molecule has 2 aromatic carbocycles. The van der Waals surface area contributed by atoms with Crippen LogP contribution in [0.5, 0.6) is 11.5 Å². The van der Waals surface area contributed by atoms with Gasteiger partial charge in [0, 0.05) is 25.2 Å². The molecule has 3 rings (SSSR count). The molecule has 6 heteroatoms. The molecule has 1 saturated heterocycles. The van der Waals surface area contributed by atoms with E-state index in [0.717, 1.165) is 42.8 Å². The largest absolute Gasteiger partial charge is 0.496 e. The fraction of sp³-hybridized carbons (Fsp3) is 0.370. The predicted molar refractivity (Wildman–Crippen MR) is 133 cm³/mol. The summed E-state index contributed by atoms with van der Waals surface area (Å²) in [6.45, 7) is 9.05. The Bertz CT molecular complexity index is 979. The van der Waals surface area contributed by atoms with E-state index in [9.17, 15) is 4.79 Å². The van der Waals surface area contributed by atoms with Crippen LogP contribution in [-0.2, 0) is 11.2 Å². The molecule has 0 saturated carbocycles. The number of allylic oxidation sites excluding steroid dienone is 1. The van der Waals surface area contributed by atoms with E-state index in [0.29, 0.717) is 35.7 Å². The van der Waals surface area contributed by atoms with Crippen LogP contribution in [0, 0.1) is 0 Å². The number of rotatable bonds is 10. The lowest BCUT2D eigenvalue weighted by molar-refractivity contribution is 0.0594. The second-order valence-electron chi connectivity index (χ2n) is 8.21. The Kier molecular flexibility index (Phi) is 9.10. The average molecular weight is 451 g/mol. The molecule has 0 aromatic heterocycles. The van der Waals surface area contributed by atoms with Gasteiger partial charge in [-0.1, -0.05) is 48.1 Å². The zero-order valence-electron chi connectivity index (χ0n) is 19.8. The third kappa shape index (κ3) is 6.70. The van der Waals surface area contributed by atoms with Crippen molar-refractivity contribution in [2.45, 2.75) is 25.8 Å². The molecule has 33 heavy (non-hydrogen) atoms. The van der Waals surface area contributed by atoms with Crippen LogP contribution in [0.4, 0.5) is 0 Å². The van der Waals surface area contributed by atoms with Crippen LogP contribution in [0.3, 0.4) is 0 Å². The minimum absolute atomic E-state index is 0.146. The van der Waals surface area contributed by atoms with Gasteiger partial charge in [0.2, 0.25) is 0 Å². The molecule has 2 aromatic rings. The molecule has 1 heterocycles. The summed E-state index contributed by atoms with van der Waals surface area (Å²) in [5, 5.41) is 6.81. The molecule has 0 spiro atoms. The number of carbonyl (C=O) groups excluding carboxylic acids is 1. The van der Waals surface area contributed by atoms with E-state index in [-0.39, 0.29) is 6.04 Å². The molecule has 1 fully saturated rings. The van der Waals surface area contributed by atoms with Gasteiger partial charge >= 0.3 is 5.97 Å². The quantitative estimate of drug-likeness (QED) is 0.323. The van der Waals surface area contributed by atoms with E-state index in [1.807, 2.05) is 55.5 Å². The number of piperazine rings is 1. The van der Waals surface area contributed by atoms with Gasteiger partial charge in [-0.15, -0.1) is 6.58 Å². The lowest BCUT2D eigenvalue weighted by atomic mass is 9.96. The van der Waals surface area contributed by atoms with Gasteiger partial charge in [0.05, 0.1) is 20.3 Å². The van der Waals surface area contributed by atoms with Crippen molar-refractivity contribution in [3.8, 4) is 11.5 Å². The standard InChI is InChI=1S/C27H34N2O4/c1-19(2)10-13-23-24(31-3)16-21(12-11-20-8-6-5-7-9-20)25(27(30)32-4)26(23)33-18-22-17-28-14-15-29-22/h5-9,11-12,16,22,28-29H,1,10,13-15,17-18H2,2-4H3. The second-order valence-corrected chi connectivity index (χ2v) is 8.21. The Morgan fingerprint density at radius 2 is 1.97 bits per heavy atom. The van der Waals surface area contributed by atoms with Gasteiger partial charge in [0.15, 0.2) is 0 Å². The first-order chi connectivity index (χ1) is 16.0. The molecule has 1 aliphatic heterocycles. The van der Waals surface area contributed by atoms with E-state index in [1.54, 1.807) is 7.11 Å². The zero-order valence-corrected chi connectivity index (χ0v) is 19.8. The highest BCUT2D eigenvalue weighted by molar-refractivity contribution is 5.99. The van der Waals surface area contributed by atoms with Crippen LogP contribution < -0.4 is 20.1 Å². The molecule has 2 N–H and O–H groups in total. The smallest absolute Gasteiger partial charge is 0.342 e. The number of hydrogen-bond acceptors (Lipinski definition) is 6. The SMILES string of the molecule is C=C(C)CCc1c(OC)cc(C=Cc2ccccc2)c(C(=O)OC)c1OCC1CNCCN1. The Morgan fingerprint density at radius 1 is 1.18 bits per heavy atom. The second kappa shape index (κ2) is 12.2. The molecule has 0 bridgehead atoms. The van der Waals surface area contributed by atoms with Gasteiger partial charge in [-0.2, -0.15) is 0 Å². The van der Waals surface area contributed by atoms with E-state index in [2.05, 4.69) is 17.2 Å². The van der Waals surface area contributed by atoms with Crippen LogP contribution >= 0.6 is 0 Å². The Hall–Kier alpha value is -3.09. The maximum atomic E-state index is 13.0. The maximum Gasteiger partial charge on any atom is 0.342 e. The van der Waals surface area contributed by atoms with Crippen LogP contribution in [-0.4, -0.2) is 52.5 Å². The summed E-state index contributed by atoms with van der Waals surface area (Å²) in [6.07, 6.45) is 5.28. The summed E-state index contributed by atoms with van der Waals surface area (Å²) in [6, 6.07) is 12.0. The molecule has 176 valence electrons. The van der Waals surface area contributed by atoms with Crippen molar-refractivity contribution in [1.82, 2.24) is 10.6 Å². The number of esters is 1. The number of benzene rings is 2. The minimum Gasteiger partial charge on any atom is -0.496 e. The monoisotopic (exact) mass is 450 g/mol. The minimum atomic E-state index is -0.438. The van der Waals surface area contributed by atoms with E-state index in [1.165, 1.54) is 7.11 Å². The summed E-state index contributed by atoms with van der Waals surface area (Å²) in [4.78, 5) is 13.0. The van der Waals surface area contributed by atoms with Crippen LogP contribution in [0.15, 0.2) is 48.6 Å². The molecular weight excluding hydrogens is 416 g/mol. The number of methoxy groups -OCH3 is 2. The van der Waals surface area contributed by atoms with Crippen molar-refractivity contribution in [2.24, 2.45) is 0 Å². The van der Waals surface area contributed by atoms with Crippen molar-refractivity contribution < 1.29 is 19.0 Å². The number of nitrogens with one attached hydrogen (secondary N) is 2. The molecule has 0 amide bonds. The molecule has 1 atom stereocenters. The summed E-state index contributed by atoms with van der Waals surface area (Å²) in [7, 11) is 3.03. The molecule has 1 aliphatic rings. The van der Waals surface area contributed by atoms with Gasteiger partial charge in [0.1, 0.15) is 23.7 Å². The summed E-state index contributed by atoms with van der Waals surface area (Å²) in [5.41, 5.74) is 4.02. The molecule has 0 aliphatic carbocycles. The summed E-state index contributed by atoms with van der Waals surface area (Å²) in [5.74, 6) is 0.760. The van der Waals surface area contributed by atoms with Gasteiger partial charge in [-0.3, -0.25) is 0 Å². The average Bonchev–Trinajstić information content (AvgIpc) is 2.85. The molecule has 0 radical (unpaired) electrons. The Labute approximate surface area is 196 Å². The van der Waals surface area contributed by atoms with Crippen LogP contribution in [0.1, 0.15) is 40.4 Å². The number of carbonyl (C=O) groups is 1. The van der Waals surface area contributed by atoms with Gasteiger partial charge in [-0.25, -0.2) is 4.79 Å². The number of ether oxygens (including phenoxy) is 3. The first kappa shape index (κ1) is 24.6. The third-order valence-electron chi connectivity index (χ3n) is 5.59. The van der Waals surface area contributed by atoms with E-state index >= 15 is 0 Å². The molecule has 1 unspecified atom stereocenters. The Morgan fingerprint density at radius 3 is 2.61 bits per heavy atom. The van der Waals surface area contributed by atoms with Crippen LogP contribution in [0.25, 0.3) is 12.2 Å². The van der Waals surface area contributed by atoms with Crippen LogP contribution in [0.2, 0.25) is 0 Å². The van der Waals surface area contributed by atoms with Crippen molar-refractivity contribution in [1.29, 1.82) is 0 Å². The normalized spacial score (nSPS) is 15.9. The van der Waals surface area contributed by atoms with Crippen molar-refractivity contribution in [3.63, 3.8) is 0 Å². The fourth-order valence-corrected chi connectivity index (χ4v) is 3.82. The Balaban J connectivity index is 2.08.